The molecule has 30 heavy (non-hydrogen) atoms. The number of thioether (sulfide) groups is 1. The zero-order valence-corrected chi connectivity index (χ0v) is 18.6. The van der Waals surface area contributed by atoms with E-state index in [4.69, 9.17) is 4.74 Å². The number of rotatable bonds is 5. The van der Waals surface area contributed by atoms with Gasteiger partial charge in [0, 0.05) is 4.90 Å². The summed E-state index contributed by atoms with van der Waals surface area (Å²) < 4.78 is 4.79. The first-order valence-electron chi connectivity index (χ1n) is 9.65. The molecule has 0 bridgehead atoms. The molecule has 1 aliphatic heterocycles. The van der Waals surface area contributed by atoms with Crippen LogP contribution in [0.25, 0.3) is 12.2 Å². The van der Waals surface area contributed by atoms with Gasteiger partial charge in [-0.05, 0) is 63.9 Å². The van der Waals surface area contributed by atoms with E-state index in [1.165, 1.54) is 11.8 Å². The molecule has 1 heterocycles. The molecule has 2 amide bonds. The van der Waals surface area contributed by atoms with E-state index in [1.807, 2.05) is 71.0 Å². The van der Waals surface area contributed by atoms with Crippen LogP contribution < -0.4 is 5.32 Å². The summed E-state index contributed by atoms with van der Waals surface area (Å²) in [6.45, 7) is 9.25. The lowest BCUT2D eigenvalue weighted by Gasteiger charge is -2.28. The van der Waals surface area contributed by atoms with Gasteiger partial charge in [-0.3, -0.25) is 19.7 Å². The summed E-state index contributed by atoms with van der Waals surface area (Å²) in [5, 5.41) is 2.32. The average Bonchev–Trinajstić information content (AvgIpc) is 2.93. The Labute approximate surface area is 180 Å². The highest BCUT2D eigenvalue weighted by molar-refractivity contribution is 8.01. The molecule has 0 aromatic heterocycles. The van der Waals surface area contributed by atoms with Crippen LogP contribution in [-0.2, 0) is 9.53 Å². The first-order valence-corrected chi connectivity index (χ1v) is 10.5. The molecular formula is C24H25NO4S. The minimum absolute atomic E-state index is 0.267. The zero-order chi connectivity index (χ0) is 22.1. The van der Waals surface area contributed by atoms with Gasteiger partial charge in [-0.25, -0.2) is 0 Å². The summed E-state index contributed by atoms with van der Waals surface area (Å²) >= 11 is 1.43. The second-order valence-electron chi connectivity index (χ2n) is 8.57. The highest BCUT2D eigenvalue weighted by atomic mass is 32.2. The van der Waals surface area contributed by atoms with Crippen LogP contribution in [0.1, 0.15) is 66.5 Å². The lowest BCUT2D eigenvalue weighted by Crippen LogP contribution is -2.36. The molecule has 6 heteroatoms. The van der Waals surface area contributed by atoms with Gasteiger partial charge in [-0.2, -0.15) is 0 Å². The van der Waals surface area contributed by atoms with Crippen molar-refractivity contribution in [1.82, 2.24) is 5.32 Å². The normalized spacial score (nSPS) is 14.0. The second kappa shape index (κ2) is 8.11. The number of benzene rings is 2. The van der Waals surface area contributed by atoms with E-state index in [0.29, 0.717) is 16.7 Å². The van der Waals surface area contributed by atoms with Crippen LogP contribution in [0.15, 0.2) is 47.4 Å². The van der Waals surface area contributed by atoms with E-state index in [2.05, 4.69) is 5.32 Å². The van der Waals surface area contributed by atoms with Crippen LogP contribution in [0.3, 0.4) is 0 Å². The summed E-state index contributed by atoms with van der Waals surface area (Å²) in [5.74, 6) is -1.01. The van der Waals surface area contributed by atoms with Gasteiger partial charge in [0.05, 0.1) is 11.1 Å². The van der Waals surface area contributed by atoms with Crippen molar-refractivity contribution in [2.75, 3.05) is 0 Å². The molecule has 0 saturated carbocycles. The Kier molecular flexibility index (Phi) is 5.90. The zero-order valence-electron chi connectivity index (χ0n) is 17.7. The number of amides is 2. The van der Waals surface area contributed by atoms with Crippen LogP contribution in [-0.4, -0.2) is 28.1 Å². The third kappa shape index (κ3) is 5.00. The Morgan fingerprint density at radius 1 is 0.967 bits per heavy atom. The van der Waals surface area contributed by atoms with Crippen molar-refractivity contribution in [3.05, 3.63) is 64.7 Å². The lowest BCUT2D eigenvalue weighted by molar-refractivity contribution is -0.156. The predicted molar refractivity (Wildman–Crippen MR) is 119 cm³/mol. The summed E-state index contributed by atoms with van der Waals surface area (Å²) in [7, 11) is 0. The highest BCUT2D eigenvalue weighted by Crippen LogP contribution is 2.35. The maximum absolute atomic E-state index is 12.5. The van der Waals surface area contributed by atoms with Crippen LogP contribution in [0.2, 0.25) is 0 Å². The maximum atomic E-state index is 12.5. The third-order valence-electron chi connectivity index (χ3n) is 4.37. The molecule has 0 fully saturated rings. The van der Waals surface area contributed by atoms with Crippen LogP contribution >= 0.6 is 11.8 Å². The van der Waals surface area contributed by atoms with Gasteiger partial charge in [0.1, 0.15) is 10.3 Å². The van der Waals surface area contributed by atoms with Crippen LogP contribution in [0.5, 0.6) is 0 Å². The number of hydrogen-bond acceptors (Lipinski definition) is 5. The SMILES string of the molecule is CC(C)(C)OC(=O)C(C)(C)Sc1cccc(C=Cc2cccc3c2C(=O)NC3=O)c1. The van der Waals surface area contributed by atoms with Gasteiger partial charge in [-0.1, -0.05) is 36.4 Å². The Morgan fingerprint density at radius 2 is 1.67 bits per heavy atom. The summed E-state index contributed by atoms with van der Waals surface area (Å²) in [4.78, 5) is 37.3. The van der Waals surface area contributed by atoms with Gasteiger partial charge in [0.15, 0.2) is 0 Å². The number of ether oxygens (including phenoxy) is 1. The number of fused-ring (bicyclic) bond motifs is 1. The molecule has 1 aliphatic rings. The largest absolute Gasteiger partial charge is 0.459 e. The lowest BCUT2D eigenvalue weighted by atomic mass is 10.0. The first kappa shape index (κ1) is 21.8. The predicted octanol–water partition coefficient (Wildman–Crippen LogP) is 4.95. The molecule has 2 aromatic carbocycles. The molecule has 0 saturated heterocycles. The van der Waals surface area contributed by atoms with E-state index < -0.39 is 10.3 Å². The van der Waals surface area contributed by atoms with E-state index in [1.54, 1.807) is 18.2 Å². The van der Waals surface area contributed by atoms with Crippen molar-refractivity contribution in [3.8, 4) is 0 Å². The standard InChI is InChI=1S/C24H25NO4S/c1-23(2,3)29-22(28)24(4,5)30-17-10-6-8-15(14-17)12-13-16-9-7-11-18-19(16)21(27)25-20(18)26/h6-14H,1-5H3,(H,25,26,27). The van der Waals surface area contributed by atoms with Crippen molar-refractivity contribution < 1.29 is 19.1 Å². The van der Waals surface area contributed by atoms with Crippen molar-refractivity contribution in [2.24, 2.45) is 0 Å². The van der Waals surface area contributed by atoms with E-state index in [9.17, 15) is 14.4 Å². The van der Waals surface area contributed by atoms with E-state index in [0.717, 1.165) is 10.5 Å². The number of hydrogen-bond donors (Lipinski definition) is 1. The van der Waals surface area contributed by atoms with E-state index in [-0.39, 0.29) is 17.8 Å². The number of carbonyl (C=O) groups is 3. The van der Waals surface area contributed by atoms with Crippen molar-refractivity contribution in [2.45, 2.75) is 49.9 Å². The molecule has 0 radical (unpaired) electrons. The van der Waals surface area contributed by atoms with Gasteiger partial charge < -0.3 is 4.74 Å². The topological polar surface area (TPSA) is 72.5 Å². The molecule has 1 N–H and O–H groups in total. The quantitative estimate of drug-likeness (QED) is 0.319. The smallest absolute Gasteiger partial charge is 0.322 e. The van der Waals surface area contributed by atoms with E-state index >= 15 is 0 Å². The molecule has 156 valence electrons. The fourth-order valence-corrected chi connectivity index (χ4v) is 4.05. The van der Waals surface area contributed by atoms with Gasteiger partial charge >= 0.3 is 5.97 Å². The number of carbonyl (C=O) groups excluding carboxylic acids is 3. The molecule has 2 aromatic rings. The van der Waals surface area contributed by atoms with Crippen molar-refractivity contribution in [1.29, 1.82) is 0 Å². The fraction of sp³-hybridized carbons (Fsp3) is 0.292. The Hall–Kier alpha value is -2.86. The minimum Gasteiger partial charge on any atom is -0.459 e. The molecule has 0 aliphatic carbocycles. The third-order valence-corrected chi connectivity index (χ3v) is 5.54. The average molecular weight is 424 g/mol. The second-order valence-corrected chi connectivity index (χ2v) is 10.3. The molecule has 5 nitrogen and oxygen atoms in total. The maximum Gasteiger partial charge on any atom is 0.322 e. The highest BCUT2D eigenvalue weighted by Gasteiger charge is 2.33. The van der Waals surface area contributed by atoms with Crippen LogP contribution in [0, 0.1) is 0 Å². The Morgan fingerprint density at radius 3 is 2.37 bits per heavy atom. The van der Waals surface area contributed by atoms with Gasteiger partial charge in [-0.15, -0.1) is 11.8 Å². The van der Waals surface area contributed by atoms with Crippen molar-refractivity contribution in [3.63, 3.8) is 0 Å². The summed E-state index contributed by atoms with van der Waals surface area (Å²) in [6.07, 6.45) is 3.70. The molecule has 0 unspecified atom stereocenters. The molecule has 0 spiro atoms. The molecular weight excluding hydrogens is 398 g/mol. The van der Waals surface area contributed by atoms with Gasteiger partial charge in [0.2, 0.25) is 0 Å². The first-order chi connectivity index (χ1) is 14.0. The van der Waals surface area contributed by atoms with Crippen molar-refractivity contribution >= 4 is 41.7 Å². The van der Waals surface area contributed by atoms with Crippen LogP contribution in [0.4, 0.5) is 0 Å². The molecule has 0 atom stereocenters. The van der Waals surface area contributed by atoms with Gasteiger partial charge in [0.25, 0.3) is 11.8 Å². The fourth-order valence-electron chi connectivity index (χ4n) is 2.99. The Balaban J connectivity index is 1.80. The summed E-state index contributed by atoms with van der Waals surface area (Å²) in [6, 6.07) is 13.0. The summed E-state index contributed by atoms with van der Waals surface area (Å²) in [5.41, 5.74) is 1.86. The number of imide groups is 1. The molecule has 3 rings (SSSR count). The Bertz CT molecular complexity index is 1050. The number of nitrogens with one attached hydrogen (secondary N) is 1. The monoisotopic (exact) mass is 423 g/mol. The minimum atomic E-state index is -0.742. The number of esters is 1.